The Hall–Kier alpha value is -3.19. The Bertz CT molecular complexity index is 1080. The molecule has 3 aromatic rings. The van der Waals surface area contributed by atoms with E-state index in [1.165, 1.54) is 4.68 Å². The molecule has 0 bridgehead atoms. The fourth-order valence-electron chi connectivity index (χ4n) is 2.78. The first-order valence-electron chi connectivity index (χ1n) is 8.83. The molecule has 2 amide bonds. The second-order valence-corrected chi connectivity index (χ2v) is 6.66. The number of aryl methyl sites for hydroxylation is 1. The molecule has 0 unspecified atom stereocenters. The monoisotopic (exact) mass is 398 g/mol. The Labute approximate surface area is 166 Å². The van der Waals surface area contributed by atoms with Crippen molar-refractivity contribution in [1.82, 2.24) is 20.6 Å². The highest BCUT2D eigenvalue weighted by atomic mass is 35.5. The van der Waals surface area contributed by atoms with Crippen molar-refractivity contribution in [2.24, 2.45) is 0 Å². The van der Waals surface area contributed by atoms with Gasteiger partial charge in [-0.3, -0.25) is 25.2 Å². The van der Waals surface area contributed by atoms with Crippen LogP contribution in [0.25, 0.3) is 10.8 Å². The molecule has 0 saturated carbocycles. The smallest absolute Gasteiger partial charge is 0.273 e. The topological polar surface area (TPSA) is 93.1 Å². The van der Waals surface area contributed by atoms with Gasteiger partial charge >= 0.3 is 0 Å². The van der Waals surface area contributed by atoms with Gasteiger partial charge in [-0.05, 0) is 30.2 Å². The third-order valence-electron chi connectivity index (χ3n) is 4.11. The third-order valence-corrected chi connectivity index (χ3v) is 4.36. The van der Waals surface area contributed by atoms with Gasteiger partial charge in [0.1, 0.15) is 0 Å². The lowest BCUT2D eigenvalue weighted by Crippen LogP contribution is -2.43. The van der Waals surface area contributed by atoms with Gasteiger partial charge in [-0.1, -0.05) is 48.9 Å². The van der Waals surface area contributed by atoms with Gasteiger partial charge in [-0.2, -0.15) is 5.10 Å². The van der Waals surface area contributed by atoms with Gasteiger partial charge in [0, 0.05) is 17.0 Å². The van der Waals surface area contributed by atoms with Crippen molar-refractivity contribution in [3.05, 3.63) is 75.2 Å². The van der Waals surface area contributed by atoms with Crippen LogP contribution in [0, 0.1) is 0 Å². The molecule has 0 radical (unpaired) electrons. The average molecular weight is 399 g/mol. The van der Waals surface area contributed by atoms with Crippen molar-refractivity contribution in [2.45, 2.75) is 26.3 Å². The quantitative estimate of drug-likeness (QED) is 0.645. The Morgan fingerprint density at radius 3 is 2.39 bits per heavy atom. The van der Waals surface area contributed by atoms with Crippen molar-refractivity contribution < 1.29 is 9.59 Å². The van der Waals surface area contributed by atoms with Crippen molar-refractivity contribution in [3.63, 3.8) is 0 Å². The maximum absolute atomic E-state index is 12.6. The van der Waals surface area contributed by atoms with Gasteiger partial charge in [0.15, 0.2) is 5.69 Å². The number of carbonyl (C=O) groups excluding carboxylic acids is 2. The van der Waals surface area contributed by atoms with Crippen LogP contribution >= 0.6 is 11.6 Å². The lowest BCUT2D eigenvalue weighted by atomic mass is 10.1. The number of hydrazine groups is 1. The van der Waals surface area contributed by atoms with E-state index in [0.717, 1.165) is 5.56 Å². The predicted octanol–water partition coefficient (Wildman–Crippen LogP) is 2.46. The molecule has 0 atom stereocenters. The molecule has 0 aliphatic carbocycles. The van der Waals surface area contributed by atoms with Gasteiger partial charge < -0.3 is 0 Å². The van der Waals surface area contributed by atoms with Crippen LogP contribution in [0.5, 0.6) is 0 Å². The third kappa shape index (κ3) is 4.37. The number of rotatable bonds is 5. The summed E-state index contributed by atoms with van der Waals surface area (Å²) < 4.78 is 1.27. The Morgan fingerprint density at radius 2 is 1.71 bits per heavy atom. The summed E-state index contributed by atoms with van der Waals surface area (Å²) >= 11 is 5.82. The summed E-state index contributed by atoms with van der Waals surface area (Å²) in [6.07, 6.45) is 0.783. The van der Waals surface area contributed by atoms with Crippen LogP contribution in [-0.2, 0) is 17.8 Å². The second-order valence-electron chi connectivity index (χ2n) is 6.23. The minimum atomic E-state index is -0.592. The lowest BCUT2D eigenvalue weighted by molar-refractivity contribution is -0.121. The molecule has 1 aromatic heterocycles. The minimum Gasteiger partial charge on any atom is -0.273 e. The number of amides is 2. The number of fused-ring (bicyclic) bond motifs is 1. The zero-order valence-electron chi connectivity index (χ0n) is 15.2. The van der Waals surface area contributed by atoms with Gasteiger partial charge in [0.2, 0.25) is 5.91 Å². The van der Waals surface area contributed by atoms with E-state index in [0.29, 0.717) is 28.8 Å². The van der Waals surface area contributed by atoms with Gasteiger partial charge in [0.25, 0.3) is 11.5 Å². The van der Waals surface area contributed by atoms with E-state index in [-0.39, 0.29) is 23.6 Å². The molecule has 0 spiro atoms. The van der Waals surface area contributed by atoms with Crippen LogP contribution < -0.4 is 16.4 Å². The lowest BCUT2D eigenvalue weighted by Gasteiger charge is -2.11. The van der Waals surface area contributed by atoms with E-state index >= 15 is 0 Å². The largest absolute Gasteiger partial charge is 0.290 e. The normalized spacial score (nSPS) is 10.6. The van der Waals surface area contributed by atoms with Crippen LogP contribution in [0.15, 0.2) is 53.3 Å². The van der Waals surface area contributed by atoms with E-state index in [4.69, 9.17) is 11.6 Å². The van der Waals surface area contributed by atoms with Crippen molar-refractivity contribution >= 4 is 34.2 Å². The Morgan fingerprint density at radius 1 is 1.04 bits per heavy atom. The highest BCUT2D eigenvalue weighted by Crippen LogP contribution is 2.13. The number of carbonyl (C=O) groups is 2. The molecular formula is C20H19ClN4O3. The number of nitrogens with one attached hydrogen (secondary N) is 2. The molecule has 1 heterocycles. The van der Waals surface area contributed by atoms with E-state index in [2.05, 4.69) is 16.0 Å². The van der Waals surface area contributed by atoms with Crippen molar-refractivity contribution in [2.75, 3.05) is 0 Å². The maximum Gasteiger partial charge on any atom is 0.290 e. The number of aromatic nitrogens is 2. The summed E-state index contributed by atoms with van der Waals surface area (Å²) in [6.45, 7) is 2.31. The zero-order valence-corrected chi connectivity index (χ0v) is 16.0. The number of benzene rings is 2. The molecular weight excluding hydrogens is 380 g/mol. The van der Waals surface area contributed by atoms with Crippen LogP contribution in [-0.4, -0.2) is 21.6 Å². The van der Waals surface area contributed by atoms with Crippen molar-refractivity contribution in [1.29, 1.82) is 0 Å². The van der Waals surface area contributed by atoms with Crippen LogP contribution in [0.2, 0.25) is 5.02 Å². The number of nitrogens with zero attached hydrogens (tertiary/aromatic N) is 2. The Kier molecular flexibility index (Phi) is 6.06. The molecule has 144 valence electrons. The first-order chi connectivity index (χ1) is 13.5. The number of hydrogen-bond acceptors (Lipinski definition) is 4. The molecule has 7 nitrogen and oxygen atoms in total. The van der Waals surface area contributed by atoms with E-state index in [9.17, 15) is 14.4 Å². The van der Waals surface area contributed by atoms with E-state index in [1.54, 1.807) is 48.5 Å². The van der Waals surface area contributed by atoms with Crippen molar-refractivity contribution in [3.8, 4) is 0 Å². The fraction of sp³-hybridized carbons (Fsp3) is 0.200. The first kappa shape index (κ1) is 19.6. The molecule has 0 fully saturated rings. The van der Waals surface area contributed by atoms with Gasteiger partial charge in [-0.15, -0.1) is 0 Å². The summed E-state index contributed by atoms with van der Waals surface area (Å²) in [7, 11) is 0. The average Bonchev–Trinajstić information content (AvgIpc) is 2.70. The van der Waals surface area contributed by atoms with Gasteiger partial charge in [0.05, 0.1) is 11.8 Å². The highest BCUT2D eigenvalue weighted by molar-refractivity contribution is 6.30. The standard InChI is InChI=1S/C20H19ClN4O3/c1-2-11-25-20(28)16-6-4-3-5-15(16)18(24-25)19(27)23-22-17(26)12-13-7-9-14(21)10-8-13/h3-10H,2,11-12H2,1H3,(H,22,26)(H,23,27). The highest BCUT2D eigenvalue weighted by Gasteiger charge is 2.17. The molecule has 0 saturated heterocycles. The Balaban J connectivity index is 1.77. The zero-order chi connectivity index (χ0) is 20.1. The number of hydrogen-bond donors (Lipinski definition) is 2. The van der Waals surface area contributed by atoms with E-state index in [1.807, 2.05) is 6.92 Å². The second kappa shape index (κ2) is 8.67. The van der Waals surface area contributed by atoms with Gasteiger partial charge in [-0.25, -0.2) is 4.68 Å². The fourth-order valence-corrected chi connectivity index (χ4v) is 2.91. The van der Waals surface area contributed by atoms with Crippen LogP contribution in [0.1, 0.15) is 29.4 Å². The summed E-state index contributed by atoms with van der Waals surface area (Å²) in [4.78, 5) is 37.2. The first-order valence-corrected chi connectivity index (χ1v) is 9.21. The SMILES string of the molecule is CCCn1nc(C(=O)NNC(=O)Cc2ccc(Cl)cc2)c2ccccc2c1=O. The minimum absolute atomic E-state index is 0.0791. The summed E-state index contributed by atoms with van der Waals surface area (Å²) in [5, 5.41) is 5.61. The molecule has 8 heteroatoms. The molecule has 3 rings (SSSR count). The molecule has 28 heavy (non-hydrogen) atoms. The maximum atomic E-state index is 12.6. The summed E-state index contributed by atoms with van der Waals surface area (Å²) in [5.41, 5.74) is 5.34. The summed E-state index contributed by atoms with van der Waals surface area (Å²) in [5.74, 6) is -0.979. The molecule has 0 aliphatic rings. The molecule has 2 aromatic carbocycles. The van der Waals surface area contributed by atoms with Crippen LogP contribution in [0.4, 0.5) is 0 Å². The van der Waals surface area contributed by atoms with Crippen LogP contribution in [0.3, 0.4) is 0 Å². The molecule has 2 N–H and O–H groups in total. The number of halogens is 1. The van der Waals surface area contributed by atoms with E-state index < -0.39 is 5.91 Å². The predicted molar refractivity (Wildman–Crippen MR) is 107 cm³/mol. The molecule has 0 aliphatic heterocycles. The summed E-state index contributed by atoms with van der Waals surface area (Å²) in [6, 6.07) is 13.6.